The van der Waals surface area contributed by atoms with Crippen molar-refractivity contribution in [2.45, 2.75) is 119 Å². The fraction of sp³-hybridized carbons (Fsp3) is 0.964. The smallest absolute Gasteiger partial charge is 0.230 e. The van der Waals surface area contributed by atoms with Crippen LogP contribution in [0.2, 0.25) is 0 Å². The fourth-order valence-electron chi connectivity index (χ4n) is 8.77. The Kier molecular flexibility index (Phi) is 6.70. The van der Waals surface area contributed by atoms with E-state index in [1.807, 2.05) is 4.90 Å². The van der Waals surface area contributed by atoms with Crippen LogP contribution in [-0.2, 0) is 14.3 Å². The highest BCUT2D eigenvalue weighted by Gasteiger charge is 2.61. The largest absolute Gasteiger partial charge is 0.393 e. The Bertz CT molecular complexity index is 779. The number of carbonyl (C=O) groups is 1. The molecule has 0 aromatic heterocycles. The number of carbonyl (C=O) groups excluding carboxylic acids is 1. The quantitative estimate of drug-likeness (QED) is 0.530. The van der Waals surface area contributed by atoms with Gasteiger partial charge in [-0.05, 0) is 63.2 Å². The van der Waals surface area contributed by atoms with Crippen molar-refractivity contribution in [2.75, 3.05) is 26.3 Å². The van der Waals surface area contributed by atoms with Gasteiger partial charge in [0.15, 0.2) is 0 Å². The molecule has 7 aliphatic rings. The Morgan fingerprint density at radius 3 is 2.60 bits per heavy atom. The van der Waals surface area contributed by atoms with Crippen LogP contribution in [0.4, 0.5) is 0 Å². The van der Waals surface area contributed by atoms with Crippen LogP contribution in [0.3, 0.4) is 0 Å². The minimum absolute atomic E-state index is 0.0461. The Morgan fingerprint density at radius 2 is 1.86 bits per heavy atom. The zero-order chi connectivity index (χ0) is 24.2. The normalized spacial score (nSPS) is 48.0. The molecule has 35 heavy (non-hydrogen) atoms. The molecule has 3 aliphatic heterocycles. The molecule has 0 radical (unpaired) electrons. The van der Waals surface area contributed by atoms with Gasteiger partial charge in [0.2, 0.25) is 5.91 Å². The summed E-state index contributed by atoms with van der Waals surface area (Å²) >= 11 is 0. The van der Waals surface area contributed by atoms with Gasteiger partial charge in [-0.2, -0.15) is 0 Å². The van der Waals surface area contributed by atoms with Crippen molar-refractivity contribution in [1.82, 2.24) is 10.2 Å². The van der Waals surface area contributed by atoms with E-state index in [2.05, 4.69) is 12.2 Å². The van der Waals surface area contributed by atoms with Gasteiger partial charge >= 0.3 is 0 Å². The summed E-state index contributed by atoms with van der Waals surface area (Å²) in [7, 11) is 0. The molecule has 0 aromatic carbocycles. The predicted molar refractivity (Wildman–Crippen MR) is 132 cm³/mol. The van der Waals surface area contributed by atoms with E-state index < -0.39 is 18.1 Å². The zero-order valence-electron chi connectivity index (χ0n) is 21.5. The molecule has 7 heteroatoms. The third-order valence-electron chi connectivity index (χ3n) is 10.4. The van der Waals surface area contributed by atoms with E-state index >= 15 is 0 Å². The summed E-state index contributed by atoms with van der Waals surface area (Å²) in [6, 6.07) is 0.439. The van der Waals surface area contributed by atoms with Crippen LogP contribution in [0, 0.1) is 23.7 Å². The average molecular weight is 491 g/mol. The maximum absolute atomic E-state index is 13.9. The molecule has 198 valence electrons. The third-order valence-corrected chi connectivity index (χ3v) is 10.4. The monoisotopic (exact) mass is 490 g/mol. The molecule has 7 fully saturated rings. The summed E-state index contributed by atoms with van der Waals surface area (Å²) in [6.45, 7) is 5.25. The minimum Gasteiger partial charge on any atom is -0.393 e. The summed E-state index contributed by atoms with van der Waals surface area (Å²) in [5.74, 6) is 1.04. The third kappa shape index (κ3) is 4.81. The number of nitrogens with zero attached hydrogens (tertiary/aromatic N) is 1. The SMILES string of the molecule is CC12CC(NC3CCCC4CN(C(=O)C5C(O)CC(O)CC5OCC5CCCCC5)CC43)(CO1)C2. The lowest BCUT2D eigenvalue weighted by Crippen LogP contribution is -2.62. The van der Waals surface area contributed by atoms with Crippen molar-refractivity contribution >= 4 is 5.91 Å². The maximum Gasteiger partial charge on any atom is 0.230 e. The number of aliphatic hydroxyl groups excluding tert-OH is 2. The van der Waals surface area contributed by atoms with E-state index in [4.69, 9.17) is 9.47 Å². The number of amides is 1. The summed E-state index contributed by atoms with van der Waals surface area (Å²) in [4.78, 5) is 15.9. The molecule has 3 heterocycles. The Hall–Kier alpha value is -0.730. The lowest BCUT2D eigenvalue weighted by Gasteiger charge is -2.47. The van der Waals surface area contributed by atoms with Gasteiger partial charge in [0.1, 0.15) is 0 Å². The first-order chi connectivity index (χ1) is 16.8. The van der Waals surface area contributed by atoms with E-state index in [0.29, 0.717) is 36.8 Å². The molecule has 4 saturated carbocycles. The van der Waals surface area contributed by atoms with Crippen LogP contribution in [0.1, 0.15) is 84.0 Å². The molecule has 0 aromatic rings. The molecule has 4 aliphatic carbocycles. The number of ether oxygens (including phenoxy) is 2. The number of hydrogen-bond donors (Lipinski definition) is 3. The highest BCUT2D eigenvalue weighted by atomic mass is 16.5. The summed E-state index contributed by atoms with van der Waals surface area (Å²) in [5, 5.41) is 25.3. The lowest BCUT2D eigenvalue weighted by atomic mass is 9.67. The first-order valence-electron chi connectivity index (χ1n) is 14.5. The Balaban J connectivity index is 1.10. The van der Waals surface area contributed by atoms with E-state index in [0.717, 1.165) is 32.5 Å². The molecule has 7 rings (SSSR count). The average Bonchev–Trinajstić information content (AvgIpc) is 3.49. The second-order valence-electron chi connectivity index (χ2n) is 13.3. The van der Waals surface area contributed by atoms with Crippen LogP contribution < -0.4 is 5.32 Å². The van der Waals surface area contributed by atoms with Crippen LogP contribution in [0.15, 0.2) is 0 Å². The summed E-state index contributed by atoms with van der Waals surface area (Å²) < 4.78 is 12.3. The van der Waals surface area contributed by atoms with Gasteiger partial charge in [-0.25, -0.2) is 0 Å². The number of fused-ring (bicyclic) bond motifs is 2. The van der Waals surface area contributed by atoms with Crippen LogP contribution >= 0.6 is 0 Å². The molecule has 7 nitrogen and oxygen atoms in total. The van der Waals surface area contributed by atoms with Crippen molar-refractivity contribution in [1.29, 1.82) is 0 Å². The molecule has 3 saturated heterocycles. The number of hydrogen-bond acceptors (Lipinski definition) is 6. The first kappa shape index (κ1) is 24.6. The second kappa shape index (κ2) is 9.54. The number of nitrogens with one attached hydrogen (secondary N) is 1. The molecular weight excluding hydrogens is 444 g/mol. The molecule has 0 spiro atoms. The second-order valence-corrected chi connectivity index (χ2v) is 13.3. The highest BCUT2D eigenvalue weighted by Crippen LogP contribution is 2.52. The van der Waals surface area contributed by atoms with Crippen molar-refractivity contribution in [3.05, 3.63) is 0 Å². The van der Waals surface area contributed by atoms with Gasteiger partial charge in [0.05, 0.1) is 36.4 Å². The van der Waals surface area contributed by atoms with E-state index in [9.17, 15) is 15.0 Å². The summed E-state index contributed by atoms with van der Waals surface area (Å²) in [5.41, 5.74) is 0.222. The van der Waals surface area contributed by atoms with Crippen LogP contribution in [0.25, 0.3) is 0 Å². The van der Waals surface area contributed by atoms with Gasteiger partial charge in [-0.15, -0.1) is 0 Å². The van der Waals surface area contributed by atoms with E-state index in [-0.39, 0.29) is 29.6 Å². The van der Waals surface area contributed by atoms with Crippen molar-refractivity contribution in [3.63, 3.8) is 0 Å². The van der Waals surface area contributed by atoms with Crippen molar-refractivity contribution < 1.29 is 24.5 Å². The molecule has 3 N–H and O–H groups in total. The summed E-state index contributed by atoms with van der Waals surface area (Å²) in [6.07, 6.45) is 10.9. The Labute approximate surface area is 210 Å². The van der Waals surface area contributed by atoms with Gasteiger partial charge in [-0.1, -0.05) is 25.7 Å². The Morgan fingerprint density at radius 1 is 1.06 bits per heavy atom. The fourth-order valence-corrected chi connectivity index (χ4v) is 8.77. The number of aliphatic hydroxyl groups is 2. The zero-order valence-corrected chi connectivity index (χ0v) is 21.5. The van der Waals surface area contributed by atoms with Crippen LogP contribution in [0.5, 0.6) is 0 Å². The molecule has 1 amide bonds. The van der Waals surface area contributed by atoms with Crippen molar-refractivity contribution in [3.8, 4) is 0 Å². The van der Waals surface area contributed by atoms with E-state index in [1.54, 1.807) is 0 Å². The number of likely N-dealkylation sites (tertiary alicyclic amines) is 1. The van der Waals surface area contributed by atoms with Gasteiger partial charge in [0.25, 0.3) is 0 Å². The lowest BCUT2D eigenvalue weighted by molar-refractivity contribution is -0.158. The van der Waals surface area contributed by atoms with Crippen LogP contribution in [-0.4, -0.2) is 82.8 Å². The standard InChI is InChI=1S/C28H46N2O5/c1-27-15-28(16-27,17-35-27)29-22-9-5-8-19-12-30(13-21(19)22)26(33)25-23(32)10-20(31)11-24(25)34-14-18-6-3-2-4-7-18/h18-25,29,31-32H,2-17H2,1H3. The molecule has 7 unspecified atom stereocenters. The molecule has 2 bridgehead atoms. The molecule has 7 atom stereocenters. The highest BCUT2D eigenvalue weighted by molar-refractivity contribution is 5.80. The van der Waals surface area contributed by atoms with Gasteiger partial charge < -0.3 is 29.9 Å². The van der Waals surface area contributed by atoms with Crippen molar-refractivity contribution in [2.24, 2.45) is 23.7 Å². The topological polar surface area (TPSA) is 91.3 Å². The first-order valence-corrected chi connectivity index (χ1v) is 14.5. The number of rotatable bonds is 6. The minimum atomic E-state index is -0.832. The predicted octanol–water partition coefficient (Wildman–Crippen LogP) is 2.62. The van der Waals surface area contributed by atoms with Gasteiger partial charge in [0, 0.05) is 44.1 Å². The maximum atomic E-state index is 13.9. The van der Waals surface area contributed by atoms with Gasteiger partial charge in [-0.3, -0.25) is 4.79 Å². The van der Waals surface area contributed by atoms with E-state index in [1.165, 1.54) is 51.4 Å². The molecular formula is C28H46N2O5.